The maximum atomic E-state index is 13.6. The van der Waals surface area contributed by atoms with Gasteiger partial charge in [-0.1, -0.05) is 12.1 Å². The number of thioether (sulfide) groups is 1. The van der Waals surface area contributed by atoms with Crippen LogP contribution in [0.5, 0.6) is 5.75 Å². The number of amides is 2. The number of allylic oxidation sites excluding steroid dienone is 1. The molecule has 1 N–H and O–H groups in total. The first-order valence-electron chi connectivity index (χ1n) is 10.7. The van der Waals surface area contributed by atoms with Crippen molar-refractivity contribution < 1.29 is 28.2 Å². The van der Waals surface area contributed by atoms with Crippen LogP contribution in [0.2, 0.25) is 0 Å². The fraction of sp³-hybridized carbons (Fsp3) is 0.200. The maximum Gasteiger partial charge on any atom is 0.338 e. The Morgan fingerprint density at radius 3 is 2.42 bits per heavy atom. The molecular formula is C25H23BrFN3O5S. The van der Waals surface area contributed by atoms with Gasteiger partial charge in [0.25, 0.3) is 11.8 Å². The number of rotatable bonds is 6. The third kappa shape index (κ3) is 5.52. The third-order valence-electron chi connectivity index (χ3n) is 5.34. The first-order chi connectivity index (χ1) is 16.8. The van der Waals surface area contributed by atoms with E-state index in [0.29, 0.717) is 22.7 Å². The summed E-state index contributed by atoms with van der Waals surface area (Å²) in [6.45, 7) is 3.45. The molecule has 1 unspecified atom stereocenters. The van der Waals surface area contributed by atoms with Crippen LogP contribution < -0.4 is 10.1 Å². The summed E-state index contributed by atoms with van der Waals surface area (Å²) in [5, 5.41) is 2.98. The van der Waals surface area contributed by atoms with Crippen LogP contribution in [0, 0.1) is 5.82 Å². The molecule has 0 aromatic heterocycles. The Hall–Kier alpha value is -3.44. The van der Waals surface area contributed by atoms with Gasteiger partial charge in [0.1, 0.15) is 11.6 Å². The number of esters is 1. The monoisotopic (exact) mass is 575 g/mol. The molecular weight excluding hydrogens is 553 g/mol. The molecule has 2 aromatic carbocycles. The lowest BCUT2D eigenvalue weighted by Gasteiger charge is -2.38. The summed E-state index contributed by atoms with van der Waals surface area (Å²) in [6.07, 6.45) is 1.20. The number of hydrogen-bond donors (Lipinski definition) is 1. The highest BCUT2D eigenvalue weighted by Gasteiger charge is 2.42. The molecule has 0 saturated carbocycles. The standard InChI is InChI=1S/C25H22FN3O5S.BrH/c1-4-34-24(32)21-14(2)27-25-29(22(21)15-5-7-16(26)8-6-15)20(30)13-19(35-25)23(31)28-17-9-11-18(33-3)12-10-17;/h5-13,22H,4H2,1-3H3,(H,28,31);1H. The normalized spacial score (nSPS) is 16.8. The third-order valence-corrected chi connectivity index (χ3v) is 6.33. The van der Waals surface area contributed by atoms with E-state index >= 15 is 0 Å². The van der Waals surface area contributed by atoms with Gasteiger partial charge < -0.3 is 14.8 Å². The van der Waals surface area contributed by atoms with E-state index in [2.05, 4.69) is 10.3 Å². The maximum absolute atomic E-state index is 13.6. The van der Waals surface area contributed by atoms with Gasteiger partial charge >= 0.3 is 5.97 Å². The lowest BCUT2D eigenvalue weighted by molar-refractivity contribution is -0.139. The van der Waals surface area contributed by atoms with Crippen LogP contribution in [0.15, 0.2) is 75.8 Å². The molecule has 8 nitrogen and oxygen atoms in total. The van der Waals surface area contributed by atoms with E-state index in [0.717, 1.165) is 11.8 Å². The summed E-state index contributed by atoms with van der Waals surface area (Å²) in [6, 6.07) is 11.4. The van der Waals surface area contributed by atoms with Crippen LogP contribution in [0.1, 0.15) is 25.5 Å². The van der Waals surface area contributed by atoms with Crippen molar-refractivity contribution in [2.24, 2.45) is 4.99 Å². The number of benzene rings is 2. The number of carbonyl (C=O) groups is 3. The Labute approximate surface area is 222 Å². The van der Waals surface area contributed by atoms with Gasteiger partial charge in [-0.05, 0) is 67.6 Å². The van der Waals surface area contributed by atoms with Crippen molar-refractivity contribution in [3.8, 4) is 5.75 Å². The molecule has 0 aliphatic carbocycles. The summed E-state index contributed by atoms with van der Waals surface area (Å²) < 4.78 is 23.9. The summed E-state index contributed by atoms with van der Waals surface area (Å²) in [4.78, 5) is 44.9. The zero-order chi connectivity index (χ0) is 25.1. The first-order valence-corrected chi connectivity index (χ1v) is 11.5. The van der Waals surface area contributed by atoms with Crippen LogP contribution in [0.3, 0.4) is 0 Å². The van der Waals surface area contributed by atoms with Crippen molar-refractivity contribution in [2.45, 2.75) is 19.9 Å². The SMILES string of the molecule is Br.CCOC(=O)C1=C(C)N=C2SC(C(=O)Nc3ccc(OC)cc3)=CC(=O)N2C1c1ccc(F)cc1. The predicted molar refractivity (Wildman–Crippen MR) is 140 cm³/mol. The molecule has 2 aliphatic rings. The van der Waals surface area contributed by atoms with E-state index < -0.39 is 29.6 Å². The Morgan fingerprint density at radius 2 is 1.81 bits per heavy atom. The number of methoxy groups -OCH3 is 1. The van der Waals surface area contributed by atoms with Crippen molar-refractivity contribution in [3.63, 3.8) is 0 Å². The number of nitrogens with one attached hydrogen (secondary N) is 1. The molecule has 0 radical (unpaired) electrons. The molecule has 2 heterocycles. The van der Waals surface area contributed by atoms with Crippen molar-refractivity contribution in [2.75, 3.05) is 19.0 Å². The largest absolute Gasteiger partial charge is 0.497 e. The highest BCUT2D eigenvalue weighted by atomic mass is 79.9. The molecule has 0 saturated heterocycles. The molecule has 2 amide bonds. The molecule has 11 heteroatoms. The molecule has 1 atom stereocenters. The summed E-state index contributed by atoms with van der Waals surface area (Å²) in [5.41, 5.74) is 1.56. The van der Waals surface area contributed by atoms with Gasteiger partial charge in [-0.15, -0.1) is 17.0 Å². The molecule has 36 heavy (non-hydrogen) atoms. The molecule has 0 bridgehead atoms. The average molecular weight is 576 g/mol. The van der Waals surface area contributed by atoms with E-state index in [1.807, 2.05) is 0 Å². The van der Waals surface area contributed by atoms with Crippen LogP contribution in [-0.4, -0.2) is 41.6 Å². The molecule has 188 valence electrons. The Balaban J connectivity index is 0.00000361. The Morgan fingerprint density at radius 1 is 1.14 bits per heavy atom. The summed E-state index contributed by atoms with van der Waals surface area (Å²) in [5.74, 6) is -1.44. The topological polar surface area (TPSA) is 97.3 Å². The number of halogens is 2. The van der Waals surface area contributed by atoms with E-state index in [-0.39, 0.29) is 39.2 Å². The van der Waals surface area contributed by atoms with Gasteiger partial charge in [0, 0.05) is 11.8 Å². The number of fused-ring (bicyclic) bond motifs is 1. The quantitative estimate of drug-likeness (QED) is 0.499. The second-order valence-corrected chi connectivity index (χ2v) is 8.58. The van der Waals surface area contributed by atoms with Crippen LogP contribution in [0.4, 0.5) is 10.1 Å². The minimum atomic E-state index is -0.885. The van der Waals surface area contributed by atoms with Gasteiger partial charge in [0.05, 0.1) is 35.9 Å². The number of amidine groups is 1. The number of nitrogens with zero attached hydrogens (tertiary/aromatic N) is 2. The molecule has 2 aliphatic heterocycles. The van der Waals surface area contributed by atoms with Gasteiger partial charge in [-0.3, -0.25) is 14.5 Å². The van der Waals surface area contributed by atoms with Crippen LogP contribution in [0.25, 0.3) is 0 Å². The van der Waals surface area contributed by atoms with Crippen molar-refractivity contribution >= 4 is 57.4 Å². The van der Waals surface area contributed by atoms with E-state index in [1.54, 1.807) is 45.2 Å². The molecule has 0 fully saturated rings. The lowest BCUT2D eigenvalue weighted by atomic mass is 9.94. The summed E-state index contributed by atoms with van der Waals surface area (Å²) >= 11 is 1.01. The molecule has 0 spiro atoms. The minimum absolute atomic E-state index is 0. The number of anilines is 1. The highest BCUT2D eigenvalue weighted by Crippen LogP contribution is 2.42. The van der Waals surface area contributed by atoms with Crippen molar-refractivity contribution in [1.82, 2.24) is 4.90 Å². The van der Waals surface area contributed by atoms with Gasteiger partial charge in [-0.25, -0.2) is 14.2 Å². The number of carbonyl (C=O) groups excluding carboxylic acids is 3. The van der Waals surface area contributed by atoms with Gasteiger partial charge in [0.2, 0.25) is 0 Å². The smallest absolute Gasteiger partial charge is 0.338 e. The highest BCUT2D eigenvalue weighted by molar-refractivity contribution is 8.93. The number of ether oxygens (including phenoxy) is 2. The second-order valence-electron chi connectivity index (χ2n) is 7.57. The molecule has 4 rings (SSSR count). The predicted octanol–water partition coefficient (Wildman–Crippen LogP) is 4.76. The molecule has 2 aromatic rings. The fourth-order valence-electron chi connectivity index (χ4n) is 3.71. The zero-order valence-electron chi connectivity index (χ0n) is 19.6. The van der Waals surface area contributed by atoms with Crippen molar-refractivity contribution in [1.29, 1.82) is 0 Å². The Kier molecular flexibility index (Phi) is 8.70. The number of aliphatic imine (C=N–C) groups is 1. The first kappa shape index (κ1) is 27.2. The van der Waals surface area contributed by atoms with Crippen LogP contribution in [-0.2, 0) is 19.1 Å². The van der Waals surface area contributed by atoms with Gasteiger partial charge in [-0.2, -0.15) is 0 Å². The Bertz CT molecular complexity index is 1280. The summed E-state index contributed by atoms with van der Waals surface area (Å²) in [7, 11) is 1.54. The average Bonchev–Trinajstić information content (AvgIpc) is 2.84. The minimum Gasteiger partial charge on any atom is -0.497 e. The van der Waals surface area contributed by atoms with E-state index in [1.165, 1.54) is 35.2 Å². The fourth-order valence-corrected chi connectivity index (χ4v) is 4.68. The van der Waals surface area contributed by atoms with E-state index in [9.17, 15) is 18.8 Å². The second kappa shape index (κ2) is 11.5. The van der Waals surface area contributed by atoms with E-state index in [4.69, 9.17) is 9.47 Å². The van der Waals surface area contributed by atoms with Crippen molar-refractivity contribution in [3.05, 3.63) is 82.2 Å². The number of hydrogen-bond acceptors (Lipinski definition) is 7. The van der Waals surface area contributed by atoms with Crippen LogP contribution >= 0.6 is 28.7 Å². The zero-order valence-corrected chi connectivity index (χ0v) is 22.1. The van der Waals surface area contributed by atoms with Gasteiger partial charge in [0.15, 0.2) is 5.17 Å². The lowest BCUT2D eigenvalue weighted by Crippen LogP contribution is -2.45.